The van der Waals surface area contributed by atoms with Gasteiger partial charge in [-0.2, -0.15) is 0 Å². The first-order chi connectivity index (χ1) is 11.5. The molecule has 24 heavy (non-hydrogen) atoms. The standard InChI is InChI=1S/C17H13Cl2NO3S/c18-12-7-11(8-13(19)9-12)16(21)20-10-17(22,14-3-1-5-23-14)15-4-2-6-24-15/h1-9,22H,10H2,(H,20,21). The molecule has 0 aliphatic heterocycles. The molecule has 0 fully saturated rings. The molecule has 0 aliphatic rings. The van der Waals surface area contributed by atoms with E-state index >= 15 is 0 Å². The van der Waals surface area contributed by atoms with Crippen LogP contribution in [0, 0.1) is 0 Å². The SMILES string of the molecule is O=C(NCC(O)(c1ccco1)c1cccs1)c1cc(Cl)cc(Cl)c1. The lowest BCUT2D eigenvalue weighted by Gasteiger charge is -2.25. The highest BCUT2D eigenvalue weighted by atomic mass is 35.5. The Labute approximate surface area is 152 Å². The molecule has 1 aromatic carbocycles. The van der Waals surface area contributed by atoms with Crippen molar-refractivity contribution in [3.8, 4) is 0 Å². The number of rotatable bonds is 5. The van der Waals surface area contributed by atoms with Gasteiger partial charge in [0.25, 0.3) is 5.91 Å². The first-order valence-electron chi connectivity index (χ1n) is 7.04. The van der Waals surface area contributed by atoms with Crippen molar-refractivity contribution in [2.75, 3.05) is 6.54 Å². The molecule has 0 bridgehead atoms. The van der Waals surface area contributed by atoms with E-state index in [0.29, 0.717) is 26.2 Å². The van der Waals surface area contributed by atoms with Gasteiger partial charge in [0.1, 0.15) is 5.76 Å². The molecule has 124 valence electrons. The molecular formula is C17H13Cl2NO3S. The van der Waals surface area contributed by atoms with Crippen LogP contribution in [0.2, 0.25) is 10.0 Å². The monoisotopic (exact) mass is 381 g/mol. The maximum Gasteiger partial charge on any atom is 0.251 e. The second-order valence-corrected chi connectivity index (χ2v) is 6.98. The third-order valence-electron chi connectivity index (χ3n) is 3.49. The van der Waals surface area contributed by atoms with Crippen molar-refractivity contribution in [1.82, 2.24) is 5.32 Å². The molecule has 0 spiro atoms. The molecule has 1 atom stereocenters. The van der Waals surface area contributed by atoms with E-state index in [4.69, 9.17) is 27.6 Å². The zero-order chi connectivity index (χ0) is 17.2. The summed E-state index contributed by atoms with van der Waals surface area (Å²) in [5, 5.41) is 16.4. The Balaban J connectivity index is 1.83. The number of hydrogen-bond acceptors (Lipinski definition) is 4. The summed E-state index contributed by atoms with van der Waals surface area (Å²) in [6.45, 7) is -0.0516. The van der Waals surface area contributed by atoms with Crippen molar-refractivity contribution in [1.29, 1.82) is 0 Å². The second-order valence-electron chi connectivity index (χ2n) is 5.16. The quantitative estimate of drug-likeness (QED) is 0.691. The van der Waals surface area contributed by atoms with E-state index in [0.717, 1.165) is 0 Å². The van der Waals surface area contributed by atoms with Crippen LogP contribution in [0.25, 0.3) is 0 Å². The van der Waals surface area contributed by atoms with Gasteiger partial charge in [-0.15, -0.1) is 11.3 Å². The molecule has 1 amide bonds. The lowest BCUT2D eigenvalue weighted by Crippen LogP contribution is -2.41. The Kier molecular flexibility index (Phi) is 4.96. The summed E-state index contributed by atoms with van der Waals surface area (Å²) in [6, 6.07) is 11.5. The molecule has 3 aromatic rings. The van der Waals surface area contributed by atoms with Gasteiger partial charge >= 0.3 is 0 Å². The minimum atomic E-state index is -1.45. The van der Waals surface area contributed by atoms with Gasteiger partial charge in [0, 0.05) is 20.5 Å². The number of hydrogen-bond donors (Lipinski definition) is 2. The number of carbonyl (C=O) groups is 1. The average molecular weight is 382 g/mol. The Morgan fingerprint density at radius 1 is 1.21 bits per heavy atom. The average Bonchev–Trinajstić information content (AvgIpc) is 3.24. The normalized spacial score (nSPS) is 13.5. The van der Waals surface area contributed by atoms with Crippen molar-refractivity contribution in [2.24, 2.45) is 0 Å². The Hall–Kier alpha value is -1.79. The Morgan fingerprint density at radius 2 is 1.96 bits per heavy atom. The van der Waals surface area contributed by atoms with Gasteiger partial charge in [0.05, 0.1) is 12.8 Å². The van der Waals surface area contributed by atoms with Gasteiger partial charge in [-0.05, 0) is 41.8 Å². The van der Waals surface area contributed by atoms with E-state index in [9.17, 15) is 9.90 Å². The van der Waals surface area contributed by atoms with Crippen LogP contribution in [0.1, 0.15) is 21.0 Å². The van der Waals surface area contributed by atoms with Crippen LogP contribution in [0.3, 0.4) is 0 Å². The summed E-state index contributed by atoms with van der Waals surface area (Å²) in [6.07, 6.45) is 1.48. The van der Waals surface area contributed by atoms with E-state index in [-0.39, 0.29) is 12.5 Å². The van der Waals surface area contributed by atoms with Crippen LogP contribution in [0.4, 0.5) is 0 Å². The highest BCUT2D eigenvalue weighted by Crippen LogP contribution is 2.32. The molecule has 0 saturated carbocycles. The molecule has 7 heteroatoms. The van der Waals surface area contributed by atoms with Crippen LogP contribution >= 0.6 is 34.5 Å². The maximum atomic E-state index is 12.4. The summed E-state index contributed by atoms with van der Waals surface area (Å²) in [4.78, 5) is 13.0. The van der Waals surface area contributed by atoms with Crippen molar-refractivity contribution in [3.05, 3.63) is 80.4 Å². The molecule has 1 unspecified atom stereocenters. The van der Waals surface area contributed by atoms with E-state index < -0.39 is 5.60 Å². The molecule has 0 radical (unpaired) electrons. The van der Waals surface area contributed by atoms with E-state index in [1.165, 1.54) is 29.7 Å². The number of halogens is 2. The topological polar surface area (TPSA) is 62.5 Å². The number of furan rings is 1. The van der Waals surface area contributed by atoms with Gasteiger partial charge in [0.15, 0.2) is 5.60 Å². The second kappa shape index (κ2) is 6.99. The number of thiophene rings is 1. The number of amides is 1. The summed E-state index contributed by atoms with van der Waals surface area (Å²) in [7, 11) is 0. The van der Waals surface area contributed by atoms with Gasteiger partial charge in [-0.3, -0.25) is 4.79 Å². The number of nitrogens with one attached hydrogen (secondary N) is 1. The highest BCUT2D eigenvalue weighted by molar-refractivity contribution is 7.10. The molecule has 0 saturated heterocycles. The lowest BCUT2D eigenvalue weighted by atomic mass is 9.98. The molecule has 3 rings (SSSR count). The van der Waals surface area contributed by atoms with Crippen LogP contribution in [-0.4, -0.2) is 17.6 Å². The van der Waals surface area contributed by atoms with Crippen LogP contribution < -0.4 is 5.32 Å². The van der Waals surface area contributed by atoms with E-state index in [1.807, 2.05) is 11.4 Å². The molecule has 2 aromatic heterocycles. The molecule has 4 nitrogen and oxygen atoms in total. The zero-order valence-electron chi connectivity index (χ0n) is 12.3. The van der Waals surface area contributed by atoms with Crippen molar-refractivity contribution in [3.63, 3.8) is 0 Å². The van der Waals surface area contributed by atoms with Crippen molar-refractivity contribution in [2.45, 2.75) is 5.60 Å². The third kappa shape index (κ3) is 3.49. The maximum absolute atomic E-state index is 12.4. The van der Waals surface area contributed by atoms with Gasteiger partial charge in [-0.1, -0.05) is 29.3 Å². The molecule has 2 heterocycles. The smallest absolute Gasteiger partial charge is 0.251 e. The van der Waals surface area contributed by atoms with Crippen molar-refractivity contribution < 1.29 is 14.3 Å². The van der Waals surface area contributed by atoms with Crippen LogP contribution in [-0.2, 0) is 5.60 Å². The van der Waals surface area contributed by atoms with Crippen LogP contribution in [0.5, 0.6) is 0 Å². The first-order valence-corrected chi connectivity index (χ1v) is 8.67. The number of benzene rings is 1. The van der Waals surface area contributed by atoms with Crippen molar-refractivity contribution >= 4 is 40.4 Å². The van der Waals surface area contributed by atoms with E-state index in [1.54, 1.807) is 24.3 Å². The van der Waals surface area contributed by atoms with Gasteiger partial charge < -0.3 is 14.8 Å². The fourth-order valence-electron chi connectivity index (χ4n) is 2.32. The molecular weight excluding hydrogens is 369 g/mol. The Morgan fingerprint density at radius 3 is 2.54 bits per heavy atom. The summed E-state index contributed by atoms with van der Waals surface area (Å²) < 4.78 is 5.36. The molecule has 0 aliphatic carbocycles. The Bertz CT molecular complexity index is 777. The lowest BCUT2D eigenvalue weighted by molar-refractivity contribution is 0.0554. The fraction of sp³-hybridized carbons (Fsp3) is 0.118. The zero-order valence-corrected chi connectivity index (χ0v) is 14.7. The minimum Gasteiger partial charge on any atom is -0.466 e. The summed E-state index contributed by atoms with van der Waals surface area (Å²) in [5.74, 6) is -0.0321. The third-order valence-corrected chi connectivity index (χ3v) is 4.94. The number of carbonyl (C=O) groups excluding carboxylic acids is 1. The predicted molar refractivity (Wildman–Crippen MR) is 94.8 cm³/mol. The fourth-order valence-corrected chi connectivity index (χ4v) is 3.67. The first kappa shape index (κ1) is 17.0. The predicted octanol–water partition coefficient (Wildman–Crippen LogP) is 4.31. The van der Waals surface area contributed by atoms with Gasteiger partial charge in [0.2, 0.25) is 0 Å². The summed E-state index contributed by atoms with van der Waals surface area (Å²) >= 11 is 13.2. The summed E-state index contributed by atoms with van der Waals surface area (Å²) in [5.41, 5.74) is -1.13. The van der Waals surface area contributed by atoms with E-state index in [2.05, 4.69) is 5.32 Å². The largest absolute Gasteiger partial charge is 0.466 e. The minimum absolute atomic E-state index is 0.0516. The molecule has 2 N–H and O–H groups in total. The number of aliphatic hydroxyl groups is 1. The van der Waals surface area contributed by atoms with Gasteiger partial charge in [-0.25, -0.2) is 0 Å². The van der Waals surface area contributed by atoms with Crippen LogP contribution in [0.15, 0.2) is 58.5 Å². The highest BCUT2D eigenvalue weighted by Gasteiger charge is 2.36.